The van der Waals surface area contributed by atoms with Gasteiger partial charge in [-0.1, -0.05) is 0 Å². The van der Waals surface area contributed by atoms with Crippen LogP contribution in [0.3, 0.4) is 0 Å². The van der Waals surface area contributed by atoms with Gasteiger partial charge in [0.2, 0.25) is 0 Å². The molecule has 0 radical (unpaired) electrons. The monoisotopic (exact) mass is 394 g/mol. The zero-order chi connectivity index (χ0) is 14.9. The summed E-state index contributed by atoms with van der Waals surface area (Å²) in [5.41, 5.74) is 6.60. The van der Waals surface area contributed by atoms with Crippen molar-refractivity contribution in [2.75, 3.05) is 18.6 Å². The SMILES string of the molecule is CCOC(=O)C[n+]1c(N)sc2cc(S(C)(=O)=O)ccc21.[Br-]. The van der Waals surface area contributed by atoms with Crippen LogP contribution in [0, 0.1) is 0 Å². The Labute approximate surface area is 137 Å². The Kier molecular flexibility index (Phi) is 5.71. The number of carbonyl (C=O) groups is 1. The van der Waals surface area contributed by atoms with Crippen LogP contribution < -0.4 is 27.3 Å². The first kappa shape index (κ1) is 17.9. The molecule has 0 atom stereocenters. The van der Waals surface area contributed by atoms with Crippen molar-refractivity contribution in [3.05, 3.63) is 18.2 Å². The van der Waals surface area contributed by atoms with Gasteiger partial charge in [0, 0.05) is 6.26 Å². The van der Waals surface area contributed by atoms with E-state index in [1.165, 1.54) is 17.4 Å². The molecular formula is C12H15BrN2O4S2. The summed E-state index contributed by atoms with van der Waals surface area (Å²) in [5.74, 6) is -0.379. The van der Waals surface area contributed by atoms with E-state index in [0.717, 1.165) is 11.0 Å². The fourth-order valence-electron chi connectivity index (χ4n) is 1.82. The van der Waals surface area contributed by atoms with Crippen molar-refractivity contribution in [3.8, 4) is 0 Å². The van der Waals surface area contributed by atoms with Crippen LogP contribution in [-0.4, -0.2) is 27.2 Å². The molecule has 2 N–H and O–H groups in total. The van der Waals surface area contributed by atoms with E-state index < -0.39 is 9.84 Å². The molecule has 1 aromatic carbocycles. The molecule has 2 aromatic rings. The van der Waals surface area contributed by atoms with Crippen LogP contribution in [0.4, 0.5) is 5.13 Å². The molecule has 0 aliphatic heterocycles. The topological polar surface area (TPSA) is 90.3 Å². The smallest absolute Gasteiger partial charge is 0.348 e. The van der Waals surface area contributed by atoms with Crippen LogP contribution in [0.15, 0.2) is 23.1 Å². The van der Waals surface area contributed by atoms with Crippen LogP contribution >= 0.6 is 11.3 Å². The second kappa shape index (κ2) is 6.71. The first-order valence-electron chi connectivity index (χ1n) is 5.90. The highest BCUT2D eigenvalue weighted by Crippen LogP contribution is 2.25. The standard InChI is InChI=1S/C12H14N2O4S2.BrH/c1-3-18-11(15)7-14-9-5-4-8(20(2,16)17)6-10(9)19-12(14)13;/h4-6,13H,3,7H2,1-2H3;1H. The summed E-state index contributed by atoms with van der Waals surface area (Å²) in [4.78, 5) is 11.8. The second-order valence-electron chi connectivity index (χ2n) is 4.23. The summed E-state index contributed by atoms with van der Waals surface area (Å²) in [5, 5.41) is 0.429. The average molecular weight is 395 g/mol. The number of thiazole rings is 1. The average Bonchev–Trinajstić information content (AvgIpc) is 2.64. The van der Waals surface area contributed by atoms with Gasteiger partial charge in [-0.05, 0) is 36.5 Å². The highest BCUT2D eigenvalue weighted by molar-refractivity contribution is 7.90. The summed E-state index contributed by atoms with van der Waals surface area (Å²) in [6.07, 6.45) is 1.15. The molecule has 0 bridgehead atoms. The Morgan fingerprint density at radius 3 is 2.67 bits per heavy atom. The molecule has 0 aliphatic rings. The summed E-state index contributed by atoms with van der Waals surface area (Å²) in [6, 6.07) is 4.72. The maximum Gasteiger partial charge on any atom is 0.348 e. The fraction of sp³-hybridized carbons (Fsp3) is 0.333. The second-order valence-corrected chi connectivity index (χ2v) is 7.31. The third kappa shape index (κ3) is 3.92. The van der Waals surface area contributed by atoms with E-state index in [0.29, 0.717) is 17.3 Å². The first-order valence-corrected chi connectivity index (χ1v) is 8.61. The van der Waals surface area contributed by atoms with Gasteiger partial charge in [-0.2, -0.15) is 0 Å². The van der Waals surface area contributed by atoms with Gasteiger partial charge in [0.05, 0.1) is 16.2 Å². The highest BCUT2D eigenvalue weighted by atomic mass is 79.9. The van der Waals surface area contributed by atoms with E-state index in [-0.39, 0.29) is 34.4 Å². The molecule has 0 aliphatic carbocycles. The number of nitrogens with two attached hydrogens (primary N) is 1. The van der Waals surface area contributed by atoms with Gasteiger partial charge in [-0.3, -0.25) is 5.73 Å². The molecule has 21 heavy (non-hydrogen) atoms. The third-order valence-electron chi connectivity index (χ3n) is 2.72. The van der Waals surface area contributed by atoms with E-state index in [1.54, 1.807) is 23.6 Å². The number of carbonyl (C=O) groups excluding carboxylic acids is 1. The van der Waals surface area contributed by atoms with E-state index in [4.69, 9.17) is 10.5 Å². The minimum Gasteiger partial charge on any atom is -1.00 e. The predicted molar refractivity (Wildman–Crippen MR) is 76.2 cm³/mol. The maximum atomic E-state index is 11.5. The van der Waals surface area contributed by atoms with Crippen molar-refractivity contribution in [3.63, 3.8) is 0 Å². The fourth-order valence-corrected chi connectivity index (χ4v) is 3.50. The molecular weight excluding hydrogens is 380 g/mol. The number of benzene rings is 1. The van der Waals surface area contributed by atoms with E-state index in [2.05, 4.69) is 0 Å². The maximum absolute atomic E-state index is 11.5. The molecule has 0 spiro atoms. The number of halogens is 1. The van der Waals surface area contributed by atoms with Gasteiger partial charge >= 0.3 is 11.1 Å². The molecule has 0 saturated carbocycles. The Morgan fingerprint density at radius 2 is 2.10 bits per heavy atom. The molecule has 0 saturated heterocycles. The van der Waals surface area contributed by atoms with Gasteiger partial charge in [0.1, 0.15) is 5.52 Å². The number of nitrogens with zero attached hydrogens (tertiary/aromatic N) is 1. The van der Waals surface area contributed by atoms with Gasteiger partial charge < -0.3 is 21.7 Å². The van der Waals surface area contributed by atoms with Crippen LogP contribution in [0.5, 0.6) is 0 Å². The normalized spacial score (nSPS) is 11.1. The number of esters is 1. The number of ether oxygens (including phenoxy) is 1. The molecule has 2 rings (SSSR count). The number of hydrogen-bond acceptors (Lipinski definition) is 6. The van der Waals surface area contributed by atoms with Crippen molar-refractivity contribution in [2.45, 2.75) is 18.4 Å². The highest BCUT2D eigenvalue weighted by Gasteiger charge is 2.20. The lowest BCUT2D eigenvalue weighted by atomic mass is 10.3. The molecule has 0 unspecified atom stereocenters. The minimum absolute atomic E-state index is 0. The Balaban J connectivity index is 0.00000220. The van der Waals surface area contributed by atoms with Crippen LogP contribution in [-0.2, 0) is 25.9 Å². The Bertz CT molecular complexity index is 771. The number of sulfone groups is 1. The number of fused-ring (bicyclic) bond motifs is 1. The first-order chi connectivity index (χ1) is 9.32. The quantitative estimate of drug-likeness (QED) is 0.466. The number of anilines is 1. The zero-order valence-electron chi connectivity index (χ0n) is 11.5. The van der Waals surface area contributed by atoms with Crippen molar-refractivity contribution in [1.82, 2.24) is 0 Å². The molecule has 6 nitrogen and oxygen atoms in total. The largest absolute Gasteiger partial charge is 1.00 e. The zero-order valence-corrected chi connectivity index (χ0v) is 14.7. The molecule has 1 aromatic heterocycles. The summed E-state index contributed by atoms with van der Waals surface area (Å²) in [7, 11) is -3.26. The van der Waals surface area contributed by atoms with Crippen molar-refractivity contribution >= 4 is 42.5 Å². The van der Waals surface area contributed by atoms with Crippen molar-refractivity contribution < 1.29 is 39.5 Å². The Morgan fingerprint density at radius 1 is 1.43 bits per heavy atom. The molecule has 116 valence electrons. The van der Waals surface area contributed by atoms with Crippen molar-refractivity contribution in [2.24, 2.45) is 0 Å². The molecule has 0 fully saturated rings. The number of aromatic nitrogens is 1. The minimum atomic E-state index is -3.26. The van der Waals surface area contributed by atoms with Gasteiger partial charge in [-0.25, -0.2) is 17.8 Å². The lowest BCUT2D eigenvalue weighted by Gasteiger charge is -2.01. The molecule has 0 amide bonds. The number of rotatable bonds is 4. The van der Waals surface area contributed by atoms with E-state index in [1.807, 2.05) is 0 Å². The number of hydrogen-bond donors (Lipinski definition) is 1. The summed E-state index contributed by atoms with van der Waals surface area (Å²) in [6.45, 7) is 2.05. The third-order valence-corrected chi connectivity index (χ3v) is 4.81. The van der Waals surface area contributed by atoms with E-state index >= 15 is 0 Å². The van der Waals surface area contributed by atoms with Crippen LogP contribution in [0.2, 0.25) is 0 Å². The number of nitrogen functional groups attached to an aromatic ring is 1. The molecule has 9 heteroatoms. The van der Waals surface area contributed by atoms with Crippen LogP contribution in [0.1, 0.15) is 6.92 Å². The summed E-state index contributed by atoms with van der Waals surface area (Å²) < 4.78 is 30.3. The van der Waals surface area contributed by atoms with Gasteiger partial charge in [0.25, 0.3) is 0 Å². The summed E-state index contributed by atoms with van der Waals surface area (Å²) >= 11 is 1.24. The lowest BCUT2D eigenvalue weighted by molar-refractivity contribution is -0.641. The van der Waals surface area contributed by atoms with E-state index in [9.17, 15) is 13.2 Å². The predicted octanol–water partition coefficient (Wildman–Crippen LogP) is -2.26. The lowest BCUT2D eigenvalue weighted by Crippen LogP contribution is -3.00. The van der Waals surface area contributed by atoms with Crippen LogP contribution in [0.25, 0.3) is 10.2 Å². The van der Waals surface area contributed by atoms with Gasteiger partial charge in [-0.15, -0.1) is 0 Å². The van der Waals surface area contributed by atoms with Crippen molar-refractivity contribution in [1.29, 1.82) is 0 Å². The Hall–Kier alpha value is -1.19. The molecule has 1 heterocycles. The van der Waals surface area contributed by atoms with Gasteiger partial charge in [0.15, 0.2) is 16.4 Å².